The largest absolute Gasteiger partial charge is 0.481 e. The first-order valence-corrected chi connectivity index (χ1v) is 4.30. The molecular formula is C10H8ClFO2. The van der Waals surface area contributed by atoms with Gasteiger partial charge in [-0.3, -0.25) is 4.79 Å². The fourth-order valence-corrected chi connectivity index (χ4v) is 1.20. The van der Waals surface area contributed by atoms with Gasteiger partial charge in [0.2, 0.25) is 0 Å². The van der Waals surface area contributed by atoms with E-state index < -0.39 is 11.8 Å². The lowest BCUT2D eigenvalue weighted by molar-refractivity contribution is -0.135. The SMILES string of the molecule is O=C(O)CC=Cc1cc(F)cc(Cl)c1. The maximum atomic E-state index is 12.8. The Morgan fingerprint density at radius 2 is 2.21 bits per heavy atom. The van der Waals surface area contributed by atoms with E-state index in [0.717, 1.165) is 0 Å². The maximum Gasteiger partial charge on any atom is 0.307 e. The van der Waals surface area contributed by atoms with E-state index in [2.05, 4.69) is 0 Å². The molecule has 0 spiro atoms. The first kappa shape index (κ1) is 10.7. The number of carboxylic acids is 1. The molecule has 0 atom stereocenters. The van der Waals surface area contributed by atoms with Crippen molar-refractivity contribution in [2.45, 2.75) is 6.42 Å². The van der Waals surface area contributed by atoms with Crippen LogP contribution in [-0.4, -0.2) is 11.1 Å². The molecule has 0 unspecified atom stereocenters. The predicted octanol–water partition coefficient (Wildman–Crippen LogP) is 2.97. The lowest BCUT2D eigenvalue weighted by Gasteiger charge is -1.95. The van der Waals surface area contributed by atoms with Crippen LogP contribution >= 0.6 is 11.6 Å². The summed E-state index contributed by atoms with van der Waals surface area (Å²) in [6.45, 7) is 0. The zero-order chi connectivity index (χ0) is 10.6. The van der Waals surface area contributed by atoms with Crippen LogP contribution in [0.5, 0.6) is 0 Å². The molecule has 0 aromatic heterocycles. The monoisotopic (exact) mass is 214 g/mol. The summed E-state index contributed by atoms with van der Waals surface area (Å²) in [6, 6.07) is 4.03. The molecule has 0 aliphatic carbocycles. The molecule has 0 saturated carbocycles. The molecule has 0 radical (unpaired) electrons. The lowest BCUT2D eigenvalue weighted by Crippen LogP contribution is -1.89. The van der Waals surface area contributed by atoms with E-state index in [9.17, 15) is 9.18 Å². The predicted molar refractivity (Wildman–Crippen MR) is 52.7 cm³/mol. The Morgan fingerprint density at radius 3 is 2.79 bits per heavy atom. The average Bonchev–Trinajstić information content (AvgIpc) is 2.01. The van der Waals surface area contributed by atoms with Crippen LogP contribution in [0.4, 0.5) is 4.39 Å². The van der Waals surface area contributed by atoms with Crippen LogP contribution in [0.1, 0.15) is 12.0 Å². The summed E-state index contributed by atoms with van der Waals surface area (Å²) in [4.78, 5) is 10.2. The second-order valence-electron chi connectivity index (χ2n) is 2.70. The Balaban J connectivity index is 2.76. The molecule has 0 bridgehead atoms. The summed E-state index contributed by atoms with van der Waals surface area (Å²) >= 11 is 5.60. The van der Waals surface area contributed by atoms with Crippen LogP contribution in [0.2, 0.25) is 5.02 Å². The highest BCUT2D eigenvalue weighted by atomic mass is 35.5. The molecule has 4 heteroatoms. The van der Waals surface area contributed by atoms with Gasteiger partial charge in [-0.15, -0.1) is 0 Å². The minimum atomic E-state index is -0.927. The Hall–Kier alpha value is -1.35. The van der Waals surface area contributed by atoms with Crippen molar-refractivity contribution in [1.29, 1.82) is 0 Å². The molecule has 0 heterocycles. The first-order valence-electron chi connectivity index (χ1n) is 3.92. The number of halogens is 2. The number of carbonyl (C=O) groups is 1. The van der Waals surface area contributed by atoms with E-state index in [4.69, 9.17) is 16.7 Å². The number of hydrogen-bond donors (Lipinski definition) is 1. The third kappa shape index (κ3) is 3.58. The van der Waals surface area contributed by atoms with Crippen LogP contribution < -0.4 is 0 Å². The Kier molecular flexibility index (Phi) is 3.65. The van der Waals surface area contributed by atoms with E-state index in [1.54, 1.807) is 6.07 Å². The van der Waals surface area contributed by atoms with Crippen LogP contribution in [0.25, 0.3) is 6.08 Å². The molecule has 0 saturated heterocycles. The minimum Gasteiger partial charge on any atom is -0.481 e. The van der Waals surface area contributed by atoms with Gasteiger partial charge in [-0.05, 0) is 23.8 Å². The quantitative estimate of drug-likeness (QED) is 0.840. The zero-order valence-electron chi connectivity index (χ0n) is 7.21. The van der Waals surface area contributed by atoms with Gasteiger partial charge < -0.3 is 5.11 Å². The van der Waals surface area contributed by atoms with Crippen molar-refractivity contribution in [3.8, 4) is 0 Å². The lowest BCUT2D eigenvalue weighted by atomic mass is 10.2. The summed E-state index contributed by atoms with van der Waals surface area (Å²) in [5.41, 5.74) is 0.552. The molecule has 2 nitrogen and oxygen atoms in total. The van der Waals surface area contributed by atoms with Gasteiger partial charge in [0.15, 0.2) is 0 Å². The fraction of sp³-hybridized carbons (Fsp3) is 0.100. The van der Waals surface area contributed by atoms with Crippen LogP contribution in [0.3, 0.4) is 0 Å². The second kappa shape index (κ2) is 4.77. The van der Waals surface area contributed by atoms with Crippen molar-refractivity contribution in [1.82, 2.24) is 0 Å². The van der Waals surface area contributed by atoms with E-state index >= 15 is 0 Å². The highest BCUT2D eigenvalue weighted by Crippen LogP contribution is 2.15. The summed E-state index contributed by atoms with van der Waals surface area (Å²) in [5, 5.41) is 8.64. The first-order chi connectivity index (χ1) is 6.58. The van der Waals surface area contributed by atoms with Crippen molar-refractivity contribution >= 4 is 23.6 Å². The molecule has 0 fully saturated rings. The third-order valence-electron chi connectivity index (χ3n) is 1.49. The summed E-state index contributed by atoms with van der Waals surface area (Å²) in [6.07, 6.45) is 2.87. The maximum absolute atomic E-state index is 12.8. The van der Waals surface area contributed by atoms with E-state index in [0.29, 0.717) is 10.6 Å². The van der Waals surface area contributed by atoms with Gasteiger partial charge >= 0.3 is 5.97 Å². The second-order valence-corrected chi connectivity index (χ2v) is 3.14. The van der Waals surface area contributed by atoms with E-state index in [1.165, 1.54) is 24.3 Å². The van der Waals surface area contributed by atoms with Crippen molar-refractivity contribution in [3.63, 3.8) is 0 Å². The number of benzene rings is 1. The Bertz CT molecular complexity index is 354. The van der Waals surface area contributed by atoms with Gasteiger partial charge in [-0.1, -0.05) is 23.8 Å². The molecule has 14 heavy (non-hydrogen) atoms. The number of aliphatic carboxylic acids is 1. The van der Waals surface area contributed by atoms with Crippen molar-refractivity contribution in [3.05, 3.63) is 40.7 Å². The van der Waals surface area contributed by atoms with Crippen molar-refractivity contribution < 1.29 is 14.3 Å². The van der Waals surface area contributed by atoms with Gasteiger partial charge in [-0.25, -0.2) is 4.39 Å². The van der Waals surface area contributed by atoms with Crippen LogP contribution in [0, 0.1) is 5.82 Å². The number of hydrogen-bond acceptors (Lipinski definition) is 1. The molecular weight excluding hydrogens is 207 g/mol. The fourth-order valence-electron chi connectivity index (χ4n) is 0.967. The molecule has 74 valence electrons. The topological polar surface area (TPSA) is 37.3 Å². The summed E-state index contributed by atoms with van der Waals surface area (Å²) < 4.78 is 12.8. The van der Waals surface area contributed by atoms with E-state index in [1.807, 2.05) is 0 Å². The Labute approximate surface area is 85.6 Å². The molecule has 0 aliphatic rings. The van der Waals surface area contributed by atoms with E-state index in [-0.39, 0.29) is 6.42 Å². The normalized spacial score (nSPS) is 10.7. The molecule has 0 amide bonds. The Morgan fingerprint density at radius 1 is 1.50 bits per heavy atom. The van der Waals surface area contributed by atoms with Crippen molar-refractivity contribution in [2.24, 2.45) is 0 Å². The van der Waals surface area contributed by atoms with Gasteiger partial charge in [0.1, 0.15) is 5.82 Å². The molecule has 1 rings (SSSR count). The van der Waals surface area contributed by atoms with Gasteiger partial charge in [0.25, 0.3) is 0 Å². The zero-order valence-corrected chi connectivity index (χ0v) is 7.96. The molecule has 1 N–H and O–H groups in total. The van der Waals surface area contributed by atoms with Gasteiger partial charge in [0, 0.05) is 5.02 Å². The smallest absolute Gasteiger partial charge is 0.307 e. The van der Waals surface area contributed by atoms with Gasteiger partial charge in [-0.2, -0.15) is 0 Å². The highest BCUT2D eigenvalue weighted by Gasteiger charge is 1.96. The standard InChI is InChI=1S/C10H8ClFO2/c11-8-4-7(5-9(12)6-8)2-1-3-10(13)14/h1-2,4-6H,3H2,(H,13,14). The summed E-state index contributed by atoms with van der Waals surface area (Å²) in [5.74, 6) is -1.36. The number of rotatable bonds is 3. The van der Waals surface area contributed by atoms with Crippen molar-refractivity contribution in [2.75, 3.05) is 0 Å². The van der Waals surface area contributed by atoms with Crippen LogP contribution in [0.15, 0.2) is 24.3 Å². The number of carboxylic acid groups (broad SMARTS) is 1. The van der Waals surface area contributed by atoms with Gasteiger partial charge in [0.05, 0.1) is 6.42 Å². The highest BCUT2D eigenvalue weighted by molar-refractivity contribution is 6.30. The third-order valence-corrected chi connectivity index (χ3v) is 1.71. The molecule has 1 aromatic carbocycles. The summed E-state index contributed by atoms with van der Waals surface area (Å²) in [7, 11) is 0. The molecule has 1 aromatic rings. The average molecular weight is 215 g/mol. The minimum absolute atomic E-state index is 0.0892. The van der Waals surface area contributed by atoms with Crippen LogP contribution in [-0.2, 0) is 4.79 Å². The molecule has 0 aliphatic heterocycles.